The molecule has 0 atom stereocenters. The van der Waals surface area contributed by atoms with Crippen LogP contribution in [-0.4, -0.2) is 38.9 Å². The molecule has 0 saturated carbocycles. The summed E-state index contributed by atoms with van der Waals surface area (Å²) >= 11 is 0. The molecule has 0 unspecified atom stereocenters. The van der Waals surface area contributed by atoms with Crippen LogP contribution in [0.2, 0.25) is 0 Å². The van der Waals surface area contributed by atoms with Gasteiger partial charge in [0.25, 0.3) is 5.56 Å². The Morgan fingerprint density at radius 2 is 1.79 bits per heavy atom. The standard InChI is InChI=1S/C26H25N5O2.ClH/c1-27-22-6-4-20(5-7-22)19-33-24-10-13-30(26(32)17-24)23-8-9-25-21(16-23)18-28-31(25)15-14-29-11-2-3-12-29;/h4-10,13,16-18H,2-3,11-12,14-15,19H2;1H. The molecule has 0 aliphatic carbocycles. The van der Waals surface area contributed by atoms with Crippen molar-refractivity contribution in [2.75, 3.05) is 19.6 Å². The maximum Gasteiger partial charge on any atom is 0.258 e. The second-order valence-electron chi connectivity index (χ2n) is 8.30. The Balaban J connectivity index is 0.00000274. The molecule has 0 N–H and O–H groups in total. The van der Waals surface area contributed by atoms with E-state index in [-0.39, 0.29) is 18.0 Å². The van der Waals surface area contributed by atoms with Crippen LogP contribution in [0.15, 0.2) is 71.8 Å². The predicted octanol–water partition coefficient (Wildman–Crippen LogP) is 4.83. The normalized spacial score (nSPS) is 13.5. The molecule has 1 aliphatic heterocycles. The van der Waals surface area contributed by atoms with Crippen LogP contribution in [-0.2, 0) is 13.2 Å². The first-order valence-corrected chi connectivity index (χ1v) is 11.2. The summed E-state index contributed by atoms with van der Waals surface area (Å²) in [5, 5.41) is 5.58. The average molecular weight is 476 g/mol. The SMILES string of the molecule is Cl.[C-]#[N+]c1ccc(COc2ccn(-c3ccc4c(cnn4CCN4CCCC4)c3)c(=O)c2)cc1. The second-order valence-corrected chi connectivity index (χ2v) is 8.30. The van der Waals surface area contributed by atoms with Gasteiger partial charge in [0, 0.05) is 29.9 Å². The summed E-state index contributed by atoms with van der Waals surface area (Å²) in [7, 11) is 0. The van der Waals surface area contributed by atoms with E-state index in [1.807, 2.05) is 41.2 Å². The molecule has 174 valence electrons. The van der Waals surface area contributed by atoms with E-state index >= 15 is 0 Å². The molecule has 7 nitrogen and oxygen atoms in total. The molecule has 0 bridgehead atoms. The molecule has 0 spiro atoms. The summed E-state index contributed by atoms with van der Waals surface area (Å²) in [5.74, 6) is 0.515. The number of likely N-dealkylation sites (tertiary alicyclic amines) is 1. The van der Waals surface area contributed by atoms with Gasteiger partial charge in [-0.15, -0.1) is 12.4 Å². The fourth-order valence-electron chi connectivity index (χ4n) is 4.24. The van der Waals surface area contributed by atoms with Gasteiger partial charge in [-0.05, 0) is 55.8 Å². The van der Waals surface area contributed by atoms with Crippen molar-refractivity contribution < 1.29 is 4.74 Å². The number of halogens is 1. The van der Waals surface area contributed by atoms with Crippen LogP contribution >= 0.6 is 12.4 Å². The fourth-order valence-corrected chi connectivity index (χ4v) is 4.24. The fraction of sp³-hybridized carbons (Fsp3) is 0.269. The minimum Gasteiger partial charge on any atom is -0.489 e. The quantitative estimate of drug-likeness (QED) is 0.359. The Morgan fingerprint density at radius 1 is 1.00 bits per heavy atom. The molecule has 34 heavy (non-hydrogen) atoms. The Kier molecular flexibility index (Phi) is 7.31. The summed E-state index contributed by atoms with van der Waals surface area (Å²) in [5.41, 5.74) is 3.26. The lowest BCUT2D eigenvalue weighted by atomic mass is 10.2. The predicted molar refractivity (Wildman–Crippen MR) is 135 cm³/mol. The molecule has 1 fully saturated rings. The van der Waals surface area contributed by atoms with E-state index in [0.29, 0.717) is 18.0 Å². The Labute approximate surface area is 204 Å². The van der Waals surface area contributed by atoms with E-state index in [1.165, 1.54) is 32.0 Å². The first-order valence-electron chi connectivity index (χ1n) is 11.2. The number of hydrogen-bond donors (Lipinski definition) is 0. The minimum absolute atomic E-state index is 0. The van der Waals surface area contributed by atoms with Gasteiger partial charge in [-0.25, -0.2) is 4.85 Å². The molecule has 0 radical (unpaired) electrons. The van der Waals surface area contributed by atoms with Gasteiger partial charge in [-0.3, -0.25) is 14.0 Å². The Morgan fingerprint density at radius 3 is 2.53 bits per heavy atom. The van der Waals surface area contributed by atoms with Gasteiger partial charge in [0.1, 0.15) is 12.4 Å². The zero-order valence-corrected chi connectivity index (χ0v) is 19.6. The molecule has 2 aromatic carbocycles. The number of hydrogen-bond acceptors (Lipinski definition) is 4. The monoisotopic (exact) mass is 475 g/mol. The van der Waals surface area contributed by atoms with Crippen molar-refractivity contribution in [2.45, 2.75) is 26.0 Å². The van der Waals surface area contributed by atoms with E-state index in [1.54, 1.807) is 29.0 Å². The van der Waals surface area contributed by atoms with E-state index in [2.05, 4.69) is 14.8 Å². The zero-order chi connectivity index (χ0) is 22.6. The van der Waals surface area contributed by atoms with E-state index < -0.39 is 0 Å². The van der Waals surface area contributed by atoms with Crippen molar-refractivity contribution >= 4 is 29.0 Å². The number of rotatable bonds is 7. The molecule has 1 aliphatic rings. The molecule has 4 aromatic rings. The maximum atomic E-state index is 12.7. The van der Waals surface area contributed by atoms with Gasteiger partial charge in [0.15, 0.2) is 5.69 Å². The van der Waals surface area contributed by atoms with Gasteiger partial charge < -0.3 is 9.64 Å². The van der Waals surface area contributed by atoms with Gasteiger partial charge in [-0.1, -0.05) is 24.3 Å². The Hall–Kier alpha value is -3.60. The average Bonchev–Trinajstić information content (AvgIpc) is 3.51. The number of ether oxygens (including phenoxy) is 1. The highest BCUT2D eigenvalue weighted by Gasteiger charge is 2.12. The second kappa shape index (κ2) is 10.6. The summed E-state index contributed by atoms with van der Waals surface area (Å²) in [4.78, 5) is 18.6. The van der Waals surface area contributed by atoms with E-state index in [4.69, 9.17) is 11.3 Å². The lowest BCUT2D eigenvalue weighted by Gasteiger charge is -2.14. The molecule has 0 amide bonds. The third-order valence-electron chi connectivity index (χ3n) is 6.09. The molecule has 8 heteroatoms. The van der Waals surface area contributed by atoms with Crippen LogP contribution < -0.4 is 10.3 Å². The molecule has 1 saturated heterocycles. The highest BCUT2D eigenvalue weighted by molar-refractivity contribution is 5.85. The van der Waals surface area contributed by atoms with Crippen molar-refractivity contribution in [3.63, 3.8) is 0 Å². The minimum atomic E-state index is -0.156. The largest absolute Gasteiger partial charge is 0.489 e. The third-order valence-corrected chi connectivity index (χ3v) is 6.09. The summed E-state index contributed by atoms with van der Waals surface area (Å²) in [6, 6.07) is 16.5. The van der Waals surface area contributed by atoms with Crippen molar-refractivity contribution in [3.8, 4) is 11.4 Å². The van der Waals surface area contributed by atoms with Crippen molar-refractivity contribution in [1.29, 1.82) is 0 Å². The van der Waals surface area contributed by atoms with Crippen LogP contribution in [0.5, 0.6) is 5.75 Å². The van der Waals surface area contributed by atoms with Crippen molar-refractivity contribution in [2.24, 2.45) is 0 Å². The molecular formula is C26H26ClN5O2. The van der Waals surface area contributed by atoms with Gasteiger partial charge in [0.05, 0.1) is 24.8 Å². The van der Waals surface area contributed by atoms with Crippen LogP contribution in [0.25, 0.3) is 21.4 Å². The number of aromatic nitrogens is 3. The van der Waals surface area contributed by atoms with Gasteiger partial charge >= 0.3 is 0 Å². The lowest BCUT2D eigenvalue weighted by molar-refractivity contribution is 0.305. The first kappa shape index (κ1) is 23.6. The molecular weight excluding hydrogens is 450 g/mol. The van der Waals surface area contributed by atoms with Gasteiger partial charge in [-0.2, -0.15) is 5.10 Å². The van der Waals surface area contributed by atoms with Crippen molar-refractivity contribution in [3.05, 3.63) is 94.3 Å². The third kappa shape index (κ3) is 5.14. The van der Waals surface area contributed by atoms with Gasteiger partial charge in [0.2, 0.25) is 0 Å². The smallest absolute Gasteiger partial charge is 0.258 e. The molecule has 2 aromatic heterocycles. The highest BCUT2D eigenvalue weighted by Crippen LogP contribution is 2.20. The number of fused-ring (bicyclic) bond motifs is 1. The number of pyridine rings is 1. The summed E-state index contributed by atoms with van der Waals surface area (Å²) in [6.45, 7) is 11.6. The van der Waals surface area contributed by atoms with Crippen LogP contribution in [0.4, 0.5) is 5.69 Å². The van der Waals surface area contributed by atoms with Crippen LogP contribution in [0.1, 0.15) is 18.4 Å². The molecule has 5 rings (SSSR count). The van der Waals surface area contributed by atoms with Crippen molar-refractivity contribution in [1.82, 2.24) is 19.2 Å². The lowest BCUT2D eigenvalue weighted by Crippen LogP contribution is -2.24. The topological polar surface area (TPSA) is 56.7 Å². The number of nitrogens with zero attached hydrogens (tertiary/aromatic N) is 5. The molecule has 3 heterocycles. The maximum absolute atomic E-state index is 12.7. The number of benzene rings is 2. The summed E-state index contributed by atoms with van der Waals surface area (Å²) < 4.78 is 9.42. The zero-order valence-electron chi connectivity index (χ0n) is 18.8. The first-order chi connectivity index (χ1) is 16.2. The van der Waals surface area contributed by atoms with E-state index in [9.17, 15) is 4.79 Å². The Bertz CT molecular complexity index is 1360. The van der Waals surface area contributed by atoms with Crippen LogP contribution in [0.3, 0.4) is 0 Å². The van der Waals surface area contributed by atoms with E-state index in [0.717, 1.165) is 35.2 Å². The van der Waals surface area contributed by atoms with Crippen LogP contribution in [0, 0.1) is 6.57 Å². The highest BCUT2D eigenvalue weighted by atomic mass is 35.5. The summed E-state index contributed by atoms with van der Waals surface area (Å²) in [6.07, 6.45) is 6.18.